The van der Waals surface area contributed by atoms with Crippen LogP contribution in [0, 0.1) is 0 Å². The normalized spacial score (nSPS) is 14.3. The van der Waals surface area contributed by atoms with Crippen molar-refractivity contribution in [1.82, 2.24) is 0 Å². The van der Waals surface area contributed by atoms with Crippen LogP contribution in [-0.2, 0) is 27.9 Å². The summed E-state index contributed by atoms with van der Waals surface area (Å²) in [6.45, 7) is 5.50. The van der Waals surface area contributed by atoms with Crippen LogP contribution < -0.4 is 0 Å². The van der Waals surface area contributed by atoms with Gasteiger partial charge in [0.15, 0.2) is 0 Å². The molecule has 52 heavy (non-hydrogen) atoms. The van der Waals surface area contributed by atoms with Gasteiger partial charge in [-0.2, -0.15) is 0 Å². The van der Waals surface area contributed by atoms with E-state index in [1.807, 2.05) is 21.1 Å². The maximum Gasteiger partial charge on any atom is 0.472 e. The average molecular weight is 755 g/mol. The van der Waals surface area contributed by atoms with E-state index < -0.39 is 13.9 Å². The third-order valence-electron chi connectivity index (χ3n) is 8.61. The molecule has 9 heteroatoms. The molecule has 1 N–H and O–H groups in total. The largest absolute Gasteiger partial charge is 0.472 e. The van der Waals surface area contributed by atoms with Gasteiger partial charge in [0.05, 0.1) is 34.4 Å². The molecule has 0 aliphatic rings. The predicted molar refractivity (Wildman–Crippen MR) is 219 cm³/mol. The fourth-order valence-corrected chi connectivity index (χ4v) is 6.04. The van der Waals surface area contributed by atoms with Crippen molar-refractivity contribution in [2.24, 2.45) is 0 Å². The standard InChI is InChI=1S/C43H80NO7P/c1-6-8-10-12-14-16-18-20-22-24-26-28-30-32-34-36-43(45)51-42(41-50-52(46,47)49-39-37-44(3,4)5)40-48-38-35-33-31-29-27-25-23-21-19-17-15-13-11-9-7-2/h13-16,19-22,42H,6-12,17-18,23-41H2,1-5H3/p+1/b15-13-,16-14-,21-19-,22-20-. The summed E-state index contributed by atoms with van der Waals surface area (Å²) in [6, 6.07) is 0. The SMILES string of the molecule is CCCC/C=C\C/C=C\CCCCCCCCOCC(COP(=O)(O)OCC[N+](C)(C)C)OC(=O)CCCCCCC/C=C\C/C=C\CCCCC. The van der Waals surface area contributed by atoms with Crippen molar-refractivity contribution < 1.29 is 37.3 Å². The van der Waals surface area contributed by atoms with E-state index in [9.17, 15) is 14.3 Å². The smallest absolute Gasteiger partial charge is 0.457 e. The van der Waals surface area contributed by atoms with E-state index >= 15 is 0 Å². The molecule has 0 aromatic carbocycles. The number of likely N-dealkylation sites (N-methyl/N-ethyl adjacent to an activating group) is 1. The topological polar surface area (TPSA) is 91.3 Å². The van der Waals surface area contributed by atoms with Crippen LogP contribution >= 0.6 is 7.82 Å². The highest BCUT2D eigenvalue weighted by Crippen LogP contribution is 2.43. The molecular weight excluding hydrogens is 673 g/mol. The Morgan fingerprint density at radius 1 is 0.596 bits per heavy atom. The van der Waals surface area contributed by atoms with E-state index in [4.69, 9.17) is 18.5 Å². The van der Waals surface area contributed by atoms with Crippen LogP contribution in [0.4, 0.5) is 0 Å². The molecular formula is C43H81NO7P+. The van der Waals surface area contributed by atoms with Crippen molar-refractivity contribution in [3.8, 4) is 0 Å². The number of hydrogen-bond donors (Lipinski definition) is 1. The zero-order chi connectivity index (χ0) is 38.4. The molecule has 2 unspecified atom stereocenters. The van der Waals surface area contributed by atoms with Crippen LogP contribution in [0.2, 0.25) is 0 Å². The Labute approximate surface area is 320 Å². The molecule has 304 valence electrons. The number of carbonyl (C=O) groups excluding carboxylic acids is 1. The number of allylic oxidation sites excluding steroid dienone is 8. The summed E-state index contributed by atoms with van der Waals surface area (Å²) < 4.78 is 34.9. The van der Waals surface area contributed by atoms with E-state index in [0.717, 1.165) is 70.6 Å². The monoisotopic (exact) mass is 755 g/mol. The summed E-state index contributed by atoms with van der Waals surface area (Å²) in [5.74, 6) is -0.333. The van der Waals surface area contributed by atoms with Gasteiger partial charge in [0.1, 0.15) is 19.3 Å². The minimum atomic E-state index is -4.28. The number of unbranched alkanes of at least 4 members (excludes halogenated alkanes) is 16. The van der Waals surface area contributed by atoms with Crippen molar-refractivity contribution in [2.45, 2.75) is 168 Å². The van der Waals surface area contributed by atoms with Crippen LogP contribution in [0.15, 0.2) is 48.6 Å². The predicted octanol–water partition coefficient (Wildman–Crippen LogP) is 12.0. The summed E-state index contributed by atoms with van der Waals surface area (Å²) >= 11 is 0. The van der Waals surface area contributed by atoms with Gasteiger partial charge in [-0.05, 0) is 70.6 Å². The van der Waals surface area contributed by atoms with E-state index in [-0.39, 0.29) is 25.8 Å². The Balaban J connectivity index is 4.32. The summed E-state index contributed by atoms with van der Waals surface area (Å²) in [6.07, 6.45) is 42.8. The molecule has 0 amide bonds. The average Bonchev–Trinajstić information content (AvgIpc) is 3.09. The Morgan fingerprint density at radius 3 is 1.62 bits per heavy atom. The Bertz CT molecular complexity index is 973. The van der Waals surface area contributed by atoms with Crippen molar-refractivity contribution in [2.75, 3.05) is 54.1 Å². The van der Waals surface area contributed by atoms with Crippen molar-refractivity contribution >= 4 is 13.8 Å². The Hall–Kier alpha value is -1.54. The summed E-state index contributed by atoms with van der Waals surface area (Å²) in [4.78, 5) is 22.8. The van der Waals surface area contributed by atoms with Gasteiger partial charge in [0.2, 0.25) is 0 Å². The highest BCUT2D eigenvalue weighted by Gasteiger charge is 2.26. The second-order valence-corrected chi connectivity index (χ2v) is 16.5. The third-order valence-corrected chi connectivity index (χ3v) is 9.60. The molecule has 0 aromatic heterocycles. The number of phosphoric ester groups is 1. The first-order valence-electron chi connectivity index (χ1n) is 20.9. The number of hydrogen-bond acceptors (Lipinski definition) is 6. The molecule has 0 heterocycles. The Kier molecular flexibility index (Phi) is 35.4. The van der Waals surface area contributed by atoms with Gasteiger partial charge in [-0.15, -0.1) is 0 Å². The summed E-state index contributed by atoms with van der Waals surface area (Å²) in [7, 11) is 1.64. The molecule has 0 spiro atoms. The zero-order valence-electron chi connectivity index (χ0n) is 34.3. The van der Waals surface area contributed by atoms with Gasteiger partial charge >= 0.3 is 13.8 Å². The molecule has 0 aromatic rings. The van der Waals surface area contributed by atoms with Gasteiger partial charge in [-0.3, -0.25) is 13.8 Å². The van der Waals surface area contributed by atoms with E-state index in [1.165, 1.54) is 70.6 Å². The summed E-state index contributed by atoms with van der Waals surface area (Å²) in [5, 5.41) is 0. The molecule has 0 saturated carbocycles. The molecule has 0 fully saturated rings. The van der Waals surface area contributed by atoms with E-state index in [1.54, 1.807) is 0 Å². The first-order valence-corrected chi connectivity index (χ1v) is 22.4. The van der Waals surface area contributed by atoms with Crippen molar-refractivity contribution in [1.29, 1.82) is 0 Å². The lowest BCUT2D eigenvalue weighted by atomic mass is 10.1. The fourth-order valence-electron chi connectivity index (χ4n) is 5.30. The molecule has 0 bridgehead atoms. The fraction of sp³-hybridized carbons (Fsp3) is 0.791. The lowest BCUT2D eigenvalue weighted by molar-refractivity contribution is -0.870. The quantitative estimate of drug-likeness (QED) is 0.0221. The number of carbonyl (C=O) groups is 1. The van der Waals surface area contributed by atoms with Crippen LogP contribution in [0.5, 0.6) is 0 Å². The number of ether oxygens (including phenoxy) is 2. The second kappa shape index (κ2) is 36.4. The van der Waals surface area contributed by atoms with Gasteiger partial charge in [-0.1, -0.05) is 133 Å². The zero-order valence-corrected chi connectivity index (χ0v) is 35.2. The van der Waals surface area contributed by atoms with Crippen molar-refractivity contribution in [3.63, 3.8) is 0 Å². The van der Waals surface area contributed by atoms with E-state index in [0.29, 0.717) is 24.1 Å². The van der Waals surface area contributed by atoms with Gasteiger partial charge in [0, 0.05) is 13.0 Å². The minimum Gasteiger partial charge on any atom is -0.457 e. The molecule has 0 aliphatic heterocycles. The van der Waals surface area contributed by atoms with Crippen LogP contribution in [-0.4, -0.2) is 75.6 Å². The van der Waals surface area contributed by atoms with Crippen LogP contribution in [0.1, 0.15) is 162 Å². The molecule has 0 saturated heterocycles. The maximum absolute atomic E-state index is 12.7. The molecule has 2 atom stereocenters. The lowest BCUT2D eigenvalue weighted by Crippen LogP contribution is -2.37. The van der Waals surface area contributed by atoms with Crippen LogP contribution in [0.3, 0.4) is 0 Å². The van der Waals surface area contributed by atoms with Crippen LogP contribution in [0.25, 0.3) is 0 Å². The molecule has 0 aliphatic carbocycles. The Morgan fingerprint density at radius 2 is 1.08 bits per heavy atom. The highest BCUT2D eigenvalue weighted by atomic mass is 31.2. The highest BCUT2D eigenvalue weighted by molar-refractivity contribution is 7.47. The number of phosphoric acid groups is 1. The first-order chi connectivity index (χ1) is 25.1. The van der Waals surface area contributed by atoms with Gasteiger partial charge in [-0.25, -0.2) is 4.57 Å². The summed E-state index contributed by atoms with van der Waals surface area (Å²) in [5.41, 5.74) is 0. The first kappa shape index (κ1) is 50.5. The van der Waals surface area contributed by atoms with Gasteiger partial charge in [0.25, 0.3) is 0 Å². The second-order valence-electron chi connectivity index (χ2n) is 15.0. The third kappa shape index (κ3) is 39.7. The number of esters is 1. The van der Waals surface area contributed by atoms with E-state index in [2.05, 4.69) is 62.5 Å². The number of rotatable bonds is 38. The maximum atomic E-state index is 12.7. The molecule has 8 nitrogen and oxygen atoms in total. The van der Waals surface area contributed by atoms with Crippen molar-refractivity contribution in [3.05, 3.63) is 48.6 Å². The number of nitrogens with zero attached hydrogens (tertiary/aromatic N) is 1. The molecule has 0 rings (SSSR count). The minimum absolute atomic E-state index is 0.0819. The molecule has 0 radical (unpaired) electrons. The lowest BCUT2D eigenvalue weighted by Gasteiger charge is -2.24. The number of quaternary nitrogens is 1. The van der Waals surface area contributed by atoms with Gasteiger partial charge < -0.3 is 18.9 Å².